The molecule has 1 unspecified atom stereocenters. The fourth-order valence-corrected chi connectivity index (χ4v) is 2.77. The number of para-hydroxylation sites is 1. The number of benzene rings is 2. The van der Waals surface area contributed by atoms with E-state index in [1.807, 2.05) is 13.8 Å². The summed E-state index contributed by atoms with van der Waals surface area (Å²) in [6.45, 7) is 4.17. The molecule has 27 heavy (non-hydrogen) atoms. The highest BCUT2D eigenvalue weighted by Crippen LogP contribution is 2.22. The molecule has 2 rings (SSSR count). The van der Waals surface area contributed by atoms with E-state index >= 15 is 0 Å². The van der Waals surface area contributed by atoms with E-state index in [0.29, 0.717) is 11.3 Å². The zero-order valence-corrected chi connectivity index (χ0v) is 15.8. The first-order chi connectivity index (χ1) is 12.9. The molecule has 2 N–H and O–H groups in total. The summed E-state index contributed by atoms with van der Waals surface area (Å²) >= 11 is 0. The lowest BCUT2D eigenvalue weighted by Crippen LogP contribution is -2.35. The van der Waals surface area contributed by atoms with Crippen molar-refractivity contribution >= 4 is 11.8 Å². The van der Waals surface area contributed by atoms with Gasteiger partial charge in [0.2, 0.25) is 5.91 Å². The van der Waals surface area contributed by atoms with Crippen molar-refractivity contribution in [3.8, 4) is 5.75 Å². The van der Waals surface area contributed by atoms with E-state index in [9.17, 15) is 14.0 Å². The number of hydrogen-bond acceptors (Lipinski definition) is 3. The Balaban J connectivity index is 1.89. The Morgan fingerprint density at radius 2 is 1.74 bits per heavy atom. The van der Waals surface area contributed by atoms with E-state index in [2.05, 4.69) is 10.6 Å². The van der Waals surface area contributed by atoms with Crippen LogP contribution in [0.5, 0.6) is 5.75 Å². The van der Waals surface area contributed by atoms with Gasteiger partial charge >= 0.3 is 0 Å². The third-order valence-corrected chi connectivity index (χ3v) is 4.20. The summed E-state index contributed by atoms with van der Waals surface area (Å²) in [5.74, 6) is -0.164. The number of halogens is 1. The van der Waals surface area contributed by atoms with Crippen LogP contribution < -0.4 is 15.4 Å². The zero-order valence-electron chi connectivity index (χ0n) is 15.8. The standard InChI is InChI=1S/C21H25FN2O3/c1-14(2)20(15-8-10-16(22)11-9-15)24-19(25)12-13-23-21(26)17-6-4-5-7-18(17)27-3/h4-11,14,20H,12-13H2,1-3H3,(H,23,26)(H,24,25). The van der Waals surface area contributed by atoms with Crippen LogP contribution in [0.1, 0.15) is 42.2 Å². The van der Waals surface area contributed by atoms with Gasteiger partial charge in [0.1, 0.15) is 11.6 Å². The summed E-state index contributed by atoms with van der Waals surface area (Å²) < 4.78 is 18.3. The number of hydrogen-bond donors (Lipinski definition) is 2. The normalized spacial score (nSPS) is 11.7. The smallest absolute Gasteiger partial charge is 0.255 e. The number of amides is 2. The fourth-order valence-electron chi connectivity index (χ4n) is 2.77. The van der Waals surface area contributed by atoms with Crippen molar-refractivity contribution in [1.29, 1.82) is 0 Å². The molecule has 0 bridgehead atoms. The molecule has 144 valence electrons. The van der Waals surface area contributed by atoms with Crippen molar-refractivity contribution in [1.82, 2.24) is 10.6 Å². The van der Waals surface area contributed by atoms with Crippen molar-refractivity contribution in [3.63, 3.8) is 0 Å². The summed E-state index contributed by atoms with van der Waals surface area (Å²) in [7, 11) is 1.50. The maximum atomic E-state index is 13.1. The van der Waals surface area contributed by atoms with Gasteiger partial charge in [-0.1, -0.05) is 38.1 Å². The molecule has 0 saturated carbocycles. The summed E-state index contributed by atoms with van der Waals surface area (Å²) in [6, 6.07) is 12.8. The van der Waals surface area contributed by atoms with Crippen molar-refractivity contribution in [2.45, 2.75) is 26.3 Å². The second kappa shape index (κ2) is 9.71. The molecule has 0 aliphatic heterocycles. The number of ether oxygens (including phenoxy) is 1. The van der Waals surface area contributed by atoms with Crippen LogP contribution in [-0.4, -0.2) is 25.5 Å². The summed E-state index contributed by atoms with van der Waals surface area (Å²) in [5, 5.41) is 5.68. The van der Waals surface area contributed by atoms with Gasteiger partial charge in [-0.3, -0.25) is 9.59 Å². The van der Waals surface area contributed by atoms with Gasteiger partial charge in [-0.2, -0.15) is 0 Å². The van der Waals surface area contributed by atoms with E-state index in [0.717, 1.165) is 5.56 Å². The number of carbonyl (C=O) groups is 2. The summed E-state index contributed by atoms with van der Waals surface area (Å²) in [6.07, 6.45) is 0.144. The third-order valence-electron chi connectivity index (χ3n) is 4.20. The molecule has 0 radical (unpaired) electrons. The van der Waals surface area contributed by atoms with Crippen molar-refractivity contribution in [2.75, 3.05) is 13.7 Å². The lowest BCUT2D eigenvalue weighted by Gasteiger charge is -2.23. The monoisotopic (exact) mass is 372 g/mol. The van der Waals surface area contributed by atoms with Crippen molar-refractivity contribution < 1.29 is 18.7 Å². The number of methoxy groups -OCH3 is 1. The molecule has 1 atom stereocenters. The molecule has 2 amide bonds. The first-order valence-corrected chi connectivity index (χ1v) is 8.88. The third kappa shape index (κ3) is 5.81. The predicted molar refractivity (Wildman–Crippen MR) is 102 cm³/mol. The maximum Gasteiger partial charge on any atom is 0.255 e. The molecule has 6 heteroatoms. The van der Waals surface area contributed by atoms with Crippen LogP contribution in [0, 0.1) is 11.7 Å². The van der Waals surface area contributed by atoms with E-state index in [4.69, 9.17) is 4.74 Å². The molecule has 2 aromatic rings. The molecular weight excluding hydrogens is 347 g/mol. The second-order valence-corrected chi connectivity index (χ2v) is 6.55. The largest absolute Gasteiger partial charge is 0.496 e. The fraction of sp³-hybridized carbons (Fsp3) is 0.333. The Hall–Kier alpha value is -2.89. The van der Waals surface area contributed by atoms with Gasteiger partial charge in [0, 0.05) is 13.0 Å². The predicted octanol–water partition coefficient (Wildman–Crippen LogP) is 3.47. The molecule has 0 aliphatic carbocycles. The van der Waals surface area contributed by atoms with Crippen LogP contribution in [0.2, 0.25) is 0 Å². The van der Waals surface area contributed by atoms with E-state index in [1.54, 1.807) is 36.4 Å². The Bertz CT molecular complexity index is 775. The number of carbonyl (C=O) groups excluding carboxylic acids is 2. The Morgan fingerprint density at radius 3 is 2.37 bits per heavy atom. The zero-order chi connectivity index (χ0) is 19.8. The second-order valence-electron chi connectivity index (χ2n) is 6.55. The van der Waals surface area contributed by atoms with Crippen LogP contribution in [0.25, 0.3) is 0 Å². The SMILES string of the molecule is COc1ccccc1C(=O)NCCC(=O)NC(c1ccc(F)cc1)C(C)C. The van der Waals surface area contributed by atoms with E-state index < -0.39 is 0 Å². The average Bonchev–Trinajstić information content (AvgIpc) is 2.66. The molecular formula is C21H25FN2O3. The van der Waals surface area contributed by atoms with Crippen LogP contribution in [-0.2, 0) is 4.79 Å². The topological polar surface area (TPSA) is 67.4 Å². The molecule has 0 fully saturated rings. The highest BCUT2D eigenvalue weighted by molar-refractivity contribution is 5.97. The lowest BCUT2D eigenvalue weighted by atomic mass is 9.96. The van der Waals surface area contributed by atoms with Crippen LogP contribution in [0.3, 0.4) is 0 Å². The van der Waals surface area contributed by atoms with Crippen LogP contribution >= 0.6 is 0 Å². The van der Waals surface area contributed by atoms with Crippen LogP contribution in [0.15, 0.2) is 48.5 Å². The van der Waals surface area contributed by atoms with Gasteiger partial charge < -0.3 is 15.4 Å². The highest BCUT2D eigenvalue weighted by Gasteiger charge is 2.18. The molecule has 0 spiro atoms. The molecule has 0 saturated heterocycles. The quantitative estimate of drug-likeness (QED) is 0.746. The molecule has 0 heterocycles. The van der Waals surface area contributed by atoms with E-state index in [-0.39, 0.29) is 42.6 Å². The maximum absolute atomic E-state index is 13.1. The molecule has 0 aromatic heterocycles. The number of nitrogens with one attached hydrogen (secondary N) is 2. The number of rotatable bonds is 8. The summed E-state index contributed by atoms with van der Waals surface area (Å²) in [5.41, 5.74) is 1.27. The van der Waals surface area contributed by atoms with Gasteiger partial charge in [-0.25, -0.2) is 4.39 Å². The minimum Gasteiger partial charge on any atom is -0.496 e. The van der Waals surface area contributed by atoms with E-state index in [1.165, 1.54) is 19.2 Å². The first kappa shape index (κ1) is 20.4. The summed E-state index contributed by atoms with van der Waals surface area (Å²) in [4.78, 5) is 24.5. The van der Waals surface area contributed by atoms with Gasteiger partial charge in [0.15, 0.2) is 0 Å². The van der Waals surface area contributed by atoms with Gasteiger partial charge in [0.05, 0.1) is 18.7 Å². The average molecular weight is 372 g/mol. The van der Waals surface area contributed by atoms with Crippen LogP contribution in [0.4, 0.5) is 4.39 Å². The minimum atomic E-state index is -0.313. The van der Waals surface area contributed by atoms with Crippen molar-refractivity contribution in [3.05, 3.63) is 65.5 Å². The Kier molecular flexibility index (Phi) is 7.34. The molecule has 5 nitrogen and oxygen atoms in total. The first-order valence-electron chi connectivity index (χ1n) is 8.88. The Morgan fingerprint density at radius 1 is 1.07 bits per heavy atom. The van der Waals surface area contributed by atoms with Crippen molar-refractivity contribution in [2.24, 2.45) is 5.92 Å². The van der Waals surface area contributed by atoms with Gasteiger partial charge in [0.25, 0.3) is 5.91 Å². The Labute approximate surface area is 158 Å². The lowest BCUT2D eigenvalue weighted by molar-refractivity contribution is -0.122. The van der Waals surface area contributed by atoms with Gasteiger partial charge in [-0.05, 0) is 35.7 Å². The highest BCUT2D eigenvalue weighted by atomic mass is 19.1. The molecule has 2 aromatic carbocycles. The minimum absolute atomic E-state index is 0.141. The van der Waals surface area contributed by atoms with Gasteiger partial charge in [-0.15, -0.1) is 0 Å². The molecule has 0 aliphatic rings.